The Kier molecular flexibility index (Phi) is 3.98. The highest BCUT2D eigenvalue weighted by Crippen LogP contribution is 2.26. The van der Waals surface area contributed by atoms with E-state index in [9.17, 15) is 5.26 Å². The number of aromatic nitrogens is 1. The maximum Gasteiger partial charge on any atom is 0.102 e. The molecule has 1 aromatic heterocycles. The fraction of sp³-hybridized carbons (Fsp3) is 0.0667. The summed E-state index contributed by atoms with van der Waals surface area (Å²) < 4.78 is 0.933. The quantitative estimate of drug-likeness (QED) is 0.863. The minimum atomic E-state index is 0.462. The number of hydrogen-bond acceptors (Lipinski definition) is 3. The zero-order valence-corrected chi connectivity index (χ0v) is 12.0. The van der Waals surface area contributed by atoms with Gasteiger partial charge in [-0.2, -0.15) is 5.26 Å². The van der Waals surface area contributed by atoms with Gasteiger partial charge in [0.1, 0.15) is 6.07 Å². The molecule has 0 aliphatic heterocycles. The summed E-state index contributed by atoms with van der Waals surface area (Å²) in [6.45, 7) is 1.97. The second kappa shape index (κ2) is 5.68. The number of benzene rings is 1. The van der Waals surface area contributed by atoms with Crippen molar-refractivity contribution >= 4 is 27.2 Å². The van der Waals surface area contributed by atoms with Crippen molar-refractivity contribution in [1.29, 1.82) is 5.26 Å². The predicted molar refractivity (Wildman–Crippen MR) is 79.7 cm³/mol. The third kappa shape index (κ3) is 2.83. The number of hydrogen-bond donors (Lipinski definition) is 1. The van der Waals surface area contributed by atoms with Crippen molar-refractivity contribution < 1.29 is 0 Å². The zero-order valence-electron chi connectivity index (χ0n) is 10.4. The first-order chi connectivity index (χ1) is 9.13. The highest BCUT2D eigenvalue weighted by molar-refractivity contribution is 9.10. The van der Waals surface area contributed by atoms with E-state index in [0.717, 1.165) is 21.2 Å². The standard InChI is InChI=1S/C15H12BrN3/c1-10-2-3-12(16)8-13(10)15(18)14(9-17)11-4-6-19-7-5-11/h2-8H,18H2,1H3/b15-14+. The van der Waals surface area contributed by atoms with E-state index < -0.39 is 0 Å². The fourth-order valence-corrected chi connectivity index (χ4v) is 2.18. The molecule has 2 N–H and O–H groups in total. The van der Waals surface area contributed by atoms with Gasteiger partial charge >= 0.3 is 0 Å². The van der Waals surface area contributed by atoms with E-state index in [1.165, 1.54) is 0 Å². The number of nitriles is 1. The Labute approximate surface area is 120 Å². The van der Waals surface area contributed by atoms with Crippen molar-refractivity contribution in [1.82, 2.24) is 4.98 Å². The maximum atomic E-state index is 9.35. The van der Waals surface area contributed by atoms with Crippen LogP contribution >= 0.6 is 15.9 Å². The smallest absolute Gasteiger partial charge is 0.102 e. The van der Waals surface area contributed by atoms with E-state index >= 15 is 0 Å². The van der Waals surface area contributed by atoms with Crippen molar-refractivity contribution in [3.8, 4) is 6.07 Å². The van der Waals surface area contributed by atoms with Gasteiger partial charge in [0.05, 0.1) is 11.3 Å². The Hall–Kier alpha value is -2.12. The molecule has 1 aromatic carbocycles. The van der Waals surface area contributed by atoms with Crippen LogP contribution in [0.2, 0.25) is 0 Å². The van der Waals surface area contributed by atoms with Gasteiger partial charge in [0, 0.05) is 22.4 Å². The number of allylic oxidation sites excluding steroid dienone is 1. The summed E-state index contributed by atoms with van der Waals surface area (Å²) in [5, 5.41) is 9.35. The summed E-state index contributed by atoms with van der Waals surface area (Å²) in [5.41, 5.74) is 9.77. The molecule has 0 fully saturated rings. The molecule has 0 atom stereocenters. The van der Waals surface area contributed by atoms with Crippen LogP contribution in [-0.2, 0) is 0 Å². The molecule has 4 heteroatoms. The lowest BCUT2D eigenvalue weighted by atomic mass is 9.99. The van der Waals surface area contributed by atoms with Crippen LogP contribution in [-0.4, -0.2) is 4.98 Å². The first-order valence-corrected chi connectivity index (χ1v) is 6.49. The molecule has 0 radical (unpaired) electrons. The Morgan fingerprint density at radius 2 is 1.95 bits per heavy atom. The molecule has 0 amide bonds. The minimum absolute atomic E-state index is 0.462. The van der Waals surface area contributed by atoms with Crippen LogP contribution in [0.5, 0.6) is 0 Å². The van der Waals surface area contributed by atoms with Crippen molar-refractivity contribution in [2.24, 2.45) is 5.73 Å². The van der Waals surface area contributed by atoms with Crippen molar-refractivity contribution in [3.05, 3.63) is 63.9 Å². The van der Waals surface area contributed by atoms with Gasteiger partial charge in [-0.05, 0) is 42.3 Å². The van der Waals surface area contributed by atoms with Gasteiger partial charge < -0.3 is 5.73 Å². The Bertz CT molecular complexity index is 670. The Morgan fingerprint density at radius 3 is 2.58 bits per heavy atom. The van der Waals surface area contributed by atoms with E-state index in [-0.39, 0.29) is 0 Å². The van der Waals surface area contributed by atoms with Crippen LogP contribution in [0.4, 0.5) is 0 Å². The molecule has 1 heterocycles. The summed E-state index contributed by atoms with van der Waals surface area (Å²) in [6, 6.07) is 11.6. The highest BCUT2D eigenvalue weighted by atomic mass is 79.9. The van der Waals surface area contributed by atoms with Crippen LogP contribution < -0.4 is 5.73 Å². The lowest BCUT2D eigenvalue weighted by Gasteiger charge is -2.09. The monoisotopic (exact) mass is 313 g/mol. The number of nitrogens with zero attached hydrogens (tertiary/aromatic N) is 2. The topological polar surface area (TPSA) is 62.7 Å². The largest absolute Gasteiger partial charge is 0.397 e. The molecular weight excluding hydrogens is 302 g/mol. The van der Waals surface area contributed by atoms with Gasteiger partial charge in [-0.25, -0.2) is 0 Å². The van der Waals surface area contributed by atoms with Gasteiger partial charge in [-0.1, -0.05) is 22.0 Å². The van der Waals surface area contributed by atoms with Crippen LogP contribution in [0.25, 0.3) is 11.3 Å². The summed E-state index contributed by atoms with van der Waals surface area (Å²) in [5.74, 6) is 0. The molecule has 0 aliphatic rings. The third-order valence-electron chi connectivity index (χ3n) is 2.84. The fourth-order valence-electron chi connectivity index (χ4n) is 1.82. The number of pyridine rings is 1. The second-order valence-corrected chi connectivity index (χ2v) is 5.01. The minimum Gasteiger partial charge on any atom is -0.397 e. The van der Waals surface area contributed by atoms with E-state index in [1.54, 1.807) is 24.5 Å². The molecule has 0 aliphatic carbocycles. The van der Waals surface area contributed by atoms with Crippen LogP contribution in [0.1, 0.15) is 16.7 Å². The van der Waals surface area contributed by atoms with Gasteiger partial charge in [-0.15, -0.1) is 0 Å². The van der Waals surface area contributed by atoms with E-state index in [2.05, 4.69) is 27.0 Å². The first kappa shape index (κ1) is 13.3. The zero-order chi connectivity index (χ0) is 13.8. The normalized spacial score (nSPS) is 11.6. The van der Waals surface area contributed by atoms with E-state index in [0.29, 0.717) is 11.3 Å². The highest BCUT2D eigenvalue weighted by Gasteiger charge is 2.10. The molecule has 3 nitrogen and oxygen atoms in total. The molecule has 2 aromatic rings. The second-order valence-electron chi connectivity index (χ2n) is 4.10. The predicted octanol–water partition coefficient (Wildman–Crippen LogP) is 3.50. The molecule has 0 spiro atoms. The van der Waals surface area contributed by atoms with Crippen LogP contribution in [0.3, 0.4) is 0 Å². The van der Waals surface area contributed by atoms with E-state index in [4.69, 9.17) is 5.73 Å². The molecule has 0 bridgehead atoms. The number of nitrogens with two attached hydrogens (primary N) is 1. The lowest BCUT2D eigenvalue weighted by Crippen LogP contribution is -2.02. The average molecular weight is 314 g/mol. The molecule has 2 rings (SSSR count). The summed E-state index contributed by atoms with van der Waals surface area (Å²) in [4.78, 5) is 3.95. The van der Waals surface area contributed by atoms with Crippen LogP contribution in [0.15, 0.2) is 47.2 Å². The molecule has 94 valence electrons. The molecule has 19 heavy (non-hydrogen) atoms. The van der Waals surface area contributed by atoms with Gasteiger partial charge in [0.25, 0.3) is 0 Å². The lowest BCUT2D eigenvalue weighted by molar-refractivity contribution is 1.31. The molecular formula is C15H12BrN3. The number of aryl methyl sites for hydroxylation is 1. The van der Waals surface area contributed by atoms with Crippen molar-refractivity contribution in [2.45, 2.75) is 6.92 Å². The van der Waals surface area contributed by atoms with Crippen molar-refractivity contribution in [3.63, 3.8) is 0 Å². The summed E-state index contributed by atoms with van der Waals surface area (Å²) in [6.07, 6.45) is 3.29. The molecule has 0 unspecified atom stereocenters. The Morgan fingerprint density at radius 1 is 1.26 bits per heavy atom. The number of halogens is 1. The molecule has 0 saturated heterocycles. The maximum absolute atomic E-state index is 9.35. The van der Waals surface area contributed by atoms with Crippen LogP contribution in [0, 0.1) is 18.3 Å². The average Bonchev–Trinajstić information content (AvgIpc) is 2.43. The third-order valence-corrected chi connectivity index (χ3v) is 3.33. The summed E-state index contributed by atoms with van der Waals surface area (Å²) >= 11 is 3.42. The first-order valence-electron chi connectivity index (χ1n) is 5.70. The van der Waals surface area contributed by atoms with Crippen molar-refractivity contribution in [2.75, 3.05) is 0 Å². The Balaban J connectivity index is 2.62. The SMILES string of the molecule is Cc1ccc(Br)cc1/C(N)=C(/C#N)c1ccncc1. The van der Waals surface area contributed by atoms with E-state index in [1.807, 2.05) is 25.1 Å². The molecule has 0 saturated carbocycles. The van der Waals surface area contributed by atoms with Gasteiger partial charge in [0.2, 0.25) is 0 Å². The summed E-state index contributed by atoms with van der Waals surface area (Å²) in [7, 11) is 0. The van der Waals surface area contributed by atoms with Gasteiger partial charge in [0.15, 0.2) is 0 Å². The van der Waals surface area contributed by atoms with Gasteiger partial charge in [-0.3, -0.25) is 4.98 Å². The number of rotatable bonds is 2.